The van der Waals surface area contributed by atoms with E-state index in [2.05, 4.69) is 43.8 Å². The van der Waals surface area contributed by atoms with Crippen LogP contribution in [0.5, 0.6) is 0 Å². The molecule has 0 spiro atoms. The molecule has 5 heteroatoms. The van der Waals surface area contributed by atoms with Gasteiger partial charge in [-0.05, 0) is 87.4 Å². The third-order valence-electron chi connectivity index (χ3n) is 2.70. The number of hydrogen-bond donors (Lipinski definition) is 2. The van der Waals surface area contributed by atoms with Crippen LogP contribution in [-0.4, -0.2) is 5.91 Å². The summed E-state index contributed by atoms with van der Waals surface area (Å²) in [6.45, 7) is 1.97. The quantitative estimate of drug-likeness (QED) is 0.554. The zero-order valence-corrected chi connectivity index (χ0v) is 13.9. The fourth-order valence-electron chi connectivity index (χ4n) is 1.63. The minimum absolute atomic E-state index is 0.148. The van der Waals surface area contributed by atoms with Gasteiger partial charge < -0.3 is 11.1 Å². The Morgan fingerprint density at radius 3 is 2.63 bits per heavy atom. The number of nitrogen functional groups attached to an aromatic ring is 1. The van der Waals surface area contributed by atoms with Gasteiger partial charge in [-0.1, -0.05) is 0 Å². The third kappa shape index (κ3) is 3.48. The first-order chi connectivity index (χ1) is 8.97. The molecular formula is C14H12BrIN2O. The van der Waals surface area contributed by atoms with E-state index in [1.807, 2.05) is 25.1 Å². The Morgan fingerprint density at radius 2 is 2.00 bits per heavy atom. The van der Waals surface area contributed by atoms with Crippen molar-refractivity contribution < 1.29 is 4.79 Å². The number of hydrogen-bond acceptors (Lipinski definition) is 2. The van der Waals surface area contributed by atoms with Crippen LogP contribution in [0.1, 0.15) is 15.9 Å². The zero-order valence-electron chi connectivity index (χ0n) is 10.2. The van der Waals surface area contributed by atoms with Gasteiger partial charge in [0.25, 0.3) is 5.91 Å². The summed E-state index contributed by atoms with van der Waals surface area (Å²) in [5, 5.41) is 2.90. The molecule has 0 bridgehead atoms. The Kier molecular flexibility index (Phi) is 4.46. The van der Waals surface area contributed by atoms with Crippen molar-refractivity contribution in [3.8, 4) is 0 Å². The minimum Gasteiger partial charge on any atom is -0.398 e. The van der Waals surface area contributed by atoms with Gasteiger partial charge in [0.1, 0.15) is 0 Å². The Balaban J connectivity index is 2.23. The van der Waals surface area contributed by atoms with E-state index in [1.54, 1.807) is 18.2 Å². The monoisotopic (exact) mass is 430 g/mol. The minimum atomic E-state index is -0.148. The third-order valence-corrected chi connectivity index (χ3v) is 4.06. The molecule has 0 aromatic heterocycles. The van der Waals surface area contributed by atoms with E-state index in [0.29, 0.717) is 11.3 Å². The molecule has 0 radical (unpaired) electrons. The van der Waals surface area contributed by atoms with Crippen molar-refractivity contribution in [2.75, 3.05) is 11.1 Å². The molecule has 3 N–H and O–H groups in total. The number of halogens is 2. The molecule has 0 saturated carbocycles. The molecule has 2 aromatic carbocycles. The number of rotatable bonds is 2. The molecule has 0 saturated heterocycles. The van der Waals surface area contributed by atoms with Gasteiger partial charge in [-0.2, -0.15) is 0 Å². The molecule has 0 heterocycles. The van der Waals surface area contributed by atoms with Gasteiger partial charge in [0.05, 0.1) is 0 Å². The van der Waals surface area contributed by atoms with E-state index in [0.717, 1.165) is 19.3 Å². The SMILES string of the molecule is Cc1cc(I)ccc1NC(=O)c1ccc(N)c(Br)c1. The van der Waals surface area contributed by atoms with Crippen molar-refractivity contribution in [3.63, 3.8) is 0 Å². The van der Waals surface area contributed by atoms with Crippen molar-refractivity contribution >= 4 is 55.8 Å². The van der Waals surface area contributed by atoms with Crippen LogP contribution < -0.4 is 11.1 Å². The Hall–Kier alpha value is -1.08. The van der Waals surface area contributed by atoms with Crippen molar-refractivity contribution in [1.29, 1.82) is 0 Å². The number of amides is 1. The summed E-state index contributed by atoms with van der Waals surface area (Å²) in [4.78, 5) is 12.1. The highest BCUT2D eigenvalue weighted by atomic mass is 127. The van der Waals surface area contributed by atoms with E-state index in [1.165, 1.54) is 0 Å². The van der Waals surface area contributed by atoms with E-state index in [9.17, 15) is 4.79 Å². The maximum Gasteiger partial charge on any atom is 0.255 e. The summed E-state index contributed by atoms with van der Waals surface area (Å²) < 4.78 is 1.86. The largest absolute Gasteiger partial charge is 0.398 e. The molecule has 2 rings (SSSR count). The van der Waals surface area contributed by atoms with Crippen LogP contribution in [0.15, 0.2) is 40.9 Å². The topological polar surface area (TPSA) is 55.1 Å². The number of carbonyl (C=O) groups excluding carboxylic acids is 1. The fraction of sp³-hybridized carbons (Fsp3) is 0.0714. The number of anilines is 2. The number of nitrogens with one attached hydrogen (secondary N) is 1. The predicted molar refractivity (Wildman–Crippen MR) is 90.4 cm³/mol. The van der Waals surface area contributed by atoms with Crippen molar-refractivity contribution in [2.45, 2.75) is 6.92 Å². The van der Waals surface area contributed by atoms with Crippen LogP contribution in [0.4, 0.5) is 11.4 Å². The average Bonchev–Trinajstić information content (AvgIpc) is 2.36. The van der Waals surface area contributed by atoms with Crippen molar-refractivity contribution in [3.05, 3.63) is 55.6 Å². The summed E-state index contributed by atoms with van der Waals surface area (Å²) in [7, 11) is 0. The first kappa shape index (κ1) is 14.3. The normalized spacial score (nSPS) is 10.3. The van der Waals surface area contributed by atoms with Gasteiger partial charge >= 0.3 is 0 Å². The standard InChI is InChI=1S/C14H12BrIN2O/c1-8-6-10(16)3-5-13(8)18-14(19)9-2-4-12(17)11(15)7-9/h2-7H,17H2,1H3,(H,18,19). The van der Waals surface area contributed by atoms with Gasteiger partial charge in [-0.25, -0.2) is 0 Å². The van der Waals surface area contributed by atoms with Gasteiger partial charge in [0.2, 0.25) is 0 Å². The van der Waals surface area contributed by atoms with Gasteiger partial charge in [0.15, 0.2) is 0 Å². The van der Waals surface area contributed by atoms with Gasteiger partial charge in [-0.15, -0.1) is 0 Å². The first-order valence-corrected chi connectivity index (χ1v) is 7.47. The lowest BCUT2D eigenvalue weighted by Gasteiger charge is -2.09. The molecule has 0 aliphatic heterocycles. The number of nitrogens with two attached hydrogens (primary N) is 1. The second-order valence-electron chi connectivity index (χ2n) is 4.15. The van der Waals surface area contributed by atoms with E-state index < -0.39 is 0 Å². The van der Waals surface area contributed by atoms with Crippen molar-refractivity contribution in [2.24, 2.45) is 0 Å². The number of benzene rings is 2. The predicted octanol–water partition coefficient (Wildman–Crippen LogP) is 4.20. The molecule has 0 unspecified atom stereocenters. The Morgan fingerprint density at radius 1 is 1.26 bits per heavy atom. The number of carbonyl (C=O) groups is 1. The van der Waals surface area contributed by atoms with E-state index in [-0.39, 0.29) is 5.91 Å². The molecule has 98 valence electrons. The molecule has 0 atom stereocenters. The number of aryl methyl sites for hydroxylation is 1. The lowest BCUT2D eigenvalue weighted by molar-refractivity contribution is 0.102. The van der Waals surface area contributed by atoms with Crippen LogP contribution in [0.2, 0.25) is 0 Å². The van der Waals surface area contributed by atoms with Crippen LogP contribution in [0.3, 0.4) is 0 Å². The second-order valence-corrected chi connectivity index (χ2v) is 6.25. The lowest BCUT2D eigenvalue weighted by Crippen LogP contribution is -2.13. The summed E-state index contributed by atoms with van der Waals surface area (Å²) in [5.41, 5.74) is 8.74. The lowest BCUT2D eigenvalue weighted by atomic mass is 10.1. The molecular weight excluding hydrogens is 419 g/mol. The molecule has 3 nitrogen and oxygen atoms in total. The van der Waals surface area contributed by atoms with Crippen LogP contribution in [0, 0.1) is 10.5 Å². The highest BCUT2D eigenvalue weighted by Crippen LogP contribution is 2.22. The smallest absolute Gasteiger partial charge is 0.255 e. The second kappa shape index (κ2) is 5.92. The van der Waals surface area contributed by atoms with Crippen molar-refractivity contribution in [1.82, 2.24) is 0 Å². The van der Waals surface area contributed by atoms with Crippen LogP contribution in [-0.2, 0) is 0 Å². The highest BCUT2D eigenvalue weighted by molar-refractivity contribution is 14.1. The Bertz CT molecular complexity index is 643. The zero-order chi connectivity index (χ0) is 14.0. The van der Waals surface area contributed by atoms with E-state index >= 15 is 0 Å². The summed E-state index contributed by atoms with van der Waals surface area (Å²) >= 11 is 5.56. The molecule has 19 heavy (non-hydrogen) atoms. The summed E-state index contributed by atoms with van der Waals surface area (Å²) in [5.74, 6) is -0.148. The maximum absolute atomic E-state index is 12.1. The van der Waals surface area contributed by atoms with Gasteiger partial charge in [0, 0.05) is 25.0 Å². The fourth-order valence-corrected chi connectivity index (χ4v) is 2.66. The molecule has 0 fully saturated rings. The van der Waals surface area contributed by atoms with E-state index in [4.69, 9.17) is 5.73 Å². The summed E-state index contributed by atoms with van der Waals surface area (Å²) in [6.07, 6.45) is 0. The van der Waals surface area contributed by atoms with Crippen LogP contribution in [0.25, 0.3) is 0 Å². The summed E-state index contributed by atoms with van der Waals surface area (Å²) in [6, 6.07) is 11.0. The highest BCUT2D eigenvalue weighted by Gasteiger charge is 2.09. The first-order valence-electron chi connectivity index (χ1n) is 5.60. The maximum atomic E-state index is 12.1. The molecule has 2 aromatic rings. The van der Waals surface area contributed by atoms with Crippen LogP contribution >= 0.6 is 38.5 Å². The Labute approximate surface area is 133 Å². The molecule has 0 aliphatic rings. The molecule has 1 amide bonds. The molecule has 0 aliphatic carbocycles. The average molecular weight is 431 g/mol. The van der Waals surface area contributed by atoms with Gasteiger partial charge in [-0.3, -0.25) is 4.79 Å².